The normalized spacial score (nSPS) is 17.9. The third-order valence-electron chi connectivity index (χ3n) is 2.54. The van der Waals surface area contributed by atoms with Crippen molar-refractivity contribution in [2.75, 3.05) is 7.11 Å². The SMILES string of the molecule is CCC(C)CC(C#N)(CC)OC. The zero-order valence-electron chi connectivity index (χ0n) is 8.55. The van der Waals surface area contributed by atoms with Crippen LogP contribution in [0.3, 0.4) is 0 Å². The van der Waals surface area contributed by atoms with Crippen LogP contribution in [0.15, 0.2) is 0 Å². The molecule has 0 amide bonds. The fourth-order valence-electron chi connectivity index (χ4n) is 1.25. The Morgan fingerprint density at radius 2 is 2.08 bits per heavy atom. The van der Waals surface area contributed by atoms with E-state index in [2.05, 4.69) is 19.9 Å². The van der Waals surface area contributed by atoms with E-state index in [0.29, 0.717) is 5.92 Å². The molecule has 2 heteroatoms. The van der Waals surface area contributed by atoms with Crippen molar-refractivity contribution in [3.63, 3.8) is 0 Å². The highest BCUT2D eigenvalue weighted by Gasteiger charge is 2.28. The Labute approximate surface area is 75.5 Å². The van der Waals surface area contributed by atoms with Gasteiger partial charge in [0.25, 0.3) is 0 Å². The number of nitriles is 1. The summed E-state index contributed by atoms with van der Waals surface area (Å²) in [5.74, 6) is 0.560. The highest BCUT2D eigenvalue weighted by atomic mass is 16.5. The van der Waals surface area contributed by atoms with Crippen LogP contribution in [-0.4, -0.2) is 12.7 Å². The first-order chi connectivity index (χ1) is 5.64. The third kappa shape index (κ3) is 2.83. The molecule has 0 saturated carbocycles. The first-order valence-corrected chi connectivity index (χ1v) is 4.60. The van der Waals surface area contributed by atoms with Gasteiger partial charge in [-0.25, -0.2) is 0 Å². The lowest BCUT2D eigenvalue weighted by atomic mass is 9.89. The zero-order chi connectivity index (χ0) is 9.61. The molecule has 2 nitrogen and oxygen atoms in total. The van der Waals surface area contributed by atoms with Crippen LogP contribution in [0.4, 0.5) is 0 Å². The molecule has 0 saturated heterocycles. The standard InChI is InChI=1S/C10H19NO/c1-5-9(3)7-10(6-2,8-11)12-4/h9H,5-7H2,1-4H3. The van der Waals surface area contributed by atoms with Crippen molar-refractivity contribution in [3.05, 3.63) is 0 Å². The lowest BCUT2D eigenvalue weighted by Crippen LogP contribution is -2.30. The Morgan fingerprint density at radius 3 is 2.33 bits per heavy atom. The van der Waals surface area contributed by atoms with Crippen molar-refractivity contribution in [2.45, 2.75) is 45.6 Å². The molecule has 0 aliphatic carbocycles. The van der Waals surface area contributed by atoms with Gasteiger partial charge < -0.3 is 4.74 Å². The van der Waals surface area contributed by atoms with Crippen LogP contribution in [0.2, 0.25) is 0 Å². The first-order valence-electron chi connectivity index (χ1n) is 4.60. The van der Waals surface area contributed by atoms with Crippen LogP contribution in [0, 0.1) is 17.2 Å². The van der Waals surface area contributed by atoms with Crippen molar-refractivity contribution >= 4 is 0 Å². The maximum Gasteiger partial charge on any atom is 0.153 e. The van der Waals surface area contributed by atoms with Crippen molar-refractivity contribution in [1.82, 2.24) is 0 Å². The number of rotatable bonds is 5. The Morgan fingerprint density at radius 1 is 1.50 bits per heavy atom. The molecule has 0 aliphatic heterocycles. The molecule has 0 radical (unpaired) electrons. The van der Waals surface area contributed by atoms with E-state index in [9.17, 15) is 0 Å². The van der Waals surface area contributed by atoms with Crippen molar-refractivity contribution in [2.24, 2.45) is 5.92 Å². The van der Waals surface area contributed by atoms with E-state index in [1.54, 1.807) is 7.11 Å². The predicted octanol–water partition coefficient (Wildman–Crippen LogP) is 2.74. The molecule has 70 valence electrons. The molecule has 0 aromatic rings. The Balaban J connectivity index is 4.22. The van der Waals surface area contributed by atoms with Crippen molar-refractivity contribution in [1.29, 1.82) is 5.26 Å². The zero-order valence-corrected chi connectivity index (χ0v) is 8.55. The Hall–Kier alpha value is -0.550. The topological polar surface area (TPSA) is 33.0 Å². The van der Waals surface area contributed by atoms with Crippen LogP contribution in [0.5, 0.6) is 0 Å². The molecular weight excluding hydrogens is 150 g/mol. The van der Waals surface area contributed by atoms with Crippen LogP contribution >= 0.6 is 0 Å². The van der Waals surface area contributed by atoms with Gasteiger partial charge >= 0.3 is 0 Å². The van der Waals surface area contributed by atoms with Crippen LogP contribution < -0.4 is 0 Å². The summed E-state index contributed by atoms with van der Waals surface area (Å²) in [7, 11) is 1.62. The fraction of sp³-hybridized carbons (Fsp3) is 0.900. The first kappa shape index (κ1) is 11.4. The number of hydrogen-bond donors (Lipinski definition) is 0. The van der Waals surface area contributed by atoms with E-state index in [1.165, 1.54) is 0 Å². The van der Waals surface area contributed by atoms with E-state index in [0.717, 1.165) is 19.3 Å². The lowest BCUT2D eigenvalue weighted by molar-refractivity contribution is 0.0164. The van der Waals surface area contributed by atoms with Crippen molar-refractivity contribution in [3.8, 4) is 6.07 Å². The van der Waals surface area contributed by atoms with Gasteiger partial charge in [-0.1, -0.05) is 27.2 Å². The number of methoxy groups -OCH3 is 1. The molecule has 0 heterocycles. The largest absolute Gasteiger partial charge is 0.363 e. The van der Waals surface area contributed by atoms with Gasteiger partial charge in [-0.15, -0.1) is 0 Å². The summed E-state index contributed by atoms with van der Waals surface area (Å²) in [6.07, 6.45) is 2.71. The van der Waals surface area contributed by atoms with E-state index in [1.807, 2.05) is 6.92 Å². The van der Waals surface area contributed by atoms with Gasteiger partial charge in [0.2, 0.25) is 0 Å². The summed E-state index contributed by atoms with van der Waals surface area (Å²) >= 11 is 0. The Kier molecular flexibility index (Phi) is 4.92. The van der Waals surface area contributed by atoms with Gasteiger partial charge in [0.05, 0.1) is 6.07 Å². The monoisotopic (exact) mass is 169 g/mol. The second-order valence-corrected chi connectivity index (χ2v) is 3.38. The van der Waals surface area contributed by atoms with Crippen LogP contribution in [-0.2, 0) is 4.74 Å². The minimum atomic E-state index is -0.546. The van der Waals surface area contributed by atoms with Gasteiger partial charge in [0.1, 0.15) is 0 Å². The molecular formula is C10H19NO. The smallest absolute Gasteiger partial charge is 0.153 e. The molecule has 0 fully saturated rings. The second kappa shape index (κ2) is 5.16. The van der Waals surface area contributed by atoms with Gasteiger partial charge in [0.15, 0.2) is 5.60 Å². The van der Waals surface area contributed by atoms with E-state index in [-0.39, 0.29) is 0 Å². The predicted molar refractivity (Wildman–Crippen MR) is 49.7 cm³/mol. The number of ether oxygens (including phenoxy) is 1. The molecule has 12 heavy (non-hydrogen) atoms. The minimum Gasteiger partial charge on any atom is -0.363 e. The molecule has 0 aliphatic rings. The Bertz CT molecular complexity index is 156. The lowest BCUT2D eigenvalue weighted by Gasteiger charge is -2.26. The highest BCUT2D eigenvalue weighted by Crippen LogP contribution is 2.24. The van der Waals surface area contributed by atoms with Gasteiger partial charge in [-0.2, -0.15) is 5.26 Å². The van der Waals surface area contributed by atoms with Gasteiger partial charge in [-0.05, 0) is 18.8 Å². The average Bonchev–Trinajstić information content (AvgIpc) is 2.14. The molecule has 0 rings (SSSR count). The maximum atomic E-state index is 8.95. The summed E-state index contributed by atoms with van der Waals surface area (Å²) in [6.45, 7) is 6.29. The van der Waals surface area contributed by atoms with E-state index < -0.39 is 5.60 Å². The highest BCUT2D eigenvalue weighted by molar-refractivity contribution is 5.01. The van der Waals surface area contributed by atoms with Crippen molar-refractivity contribution < 1.29 is 4.74 Å². The molecule has 0 aromatic heterocycles. The van der Waals surface area contributed by atoms with E-state index in [4.69, 9.17) is 10.00 Å². The molecule has 0 spiro atoms. The molecule has 0 bridgehead atoms. The second-order valence-electron chi connectivity index (χ2n) is 3.38. The third-order valence-corrected chi connectivity index (χ3v) is 2.54. The number of hydrogen-bond acceptors (Lipinski definition) is 2. The summed E-state index contributed by atoms with van der Waals surface area (Å²) in [6, 6.07) is 2.26. The molecule has 2 atom stereocenters. The minimum absolute atomic E-state index is 0.546. The average molecular weight is 169 g/mol. The summed E-state index contributed by atoms with van der Waals surface area (Å²) in [5.41, 5.74) is -0.546. The maximum absolute atomic E-state index is 8.95. The van der Waals surface area contributed by atoms with Crippen LogP contribution in [0.25, 0.3) is 0 Å². The summed E-state index contributed by atoms with van der Waals surface area (Å²) < 4.78 is 5.25. The fourth-order valence-corrected chi connectivity index (χ4v) is 1.25. The van der Waals surface area contributed by atoms with Gasteiger partial charge in [0, 0.05) is 7.11 Å². The quantitative estimate of drug-likeness (QED) is 0.634. The molecule has 2 unspecified atom stereocenters. The molecule has 0 aromatic carbocycles. The summed E-state index contributed by atoms with van der Waals surface area (Å²) in [4.78, 5) is 0. The van der Waals surface area contributed by atoms with E-state index >= 15 is 0 Å². The van der Waals surface area contributed by atoms with Crippen LogP contribution in [0.1, 0.15) is 40.0 Å². The summed E-state index contributed by atoms with van der Waals surface area (Å²) in [5, 5.41) is 8.95. The molecule has 0 N–H and O–H groups in total. The van der Waals surface area contributed by atoms with Gasteiger partial charge in [-0.3, -0.25) is 0 Å². The number of nitrogens with zero attached hydrogens (tertiary/aromatic N) is 1.